The van der Waals surface area contributed by atoms with Crippen molar-refractivity contribution >= 4 is 0 Å². The van der Waals surface area contributed by atoms with Gasteiger partial charge in [0, 0.05) is 6.04 Å². The lowest BCUT2D eigenvalue weighted by molar-refractivity contribution is 0.590. The Morgan fingerprint density at radius 2 is 1.82 bits per heavy atom. The molecule has 0 aliphatic heterocycles. The molecule has 0 aromatic heterocycles. The lowest BCUT2D eigenvalue weighted by Gasteiger charge is -2.13. The third kappa shape index (κ3) is 5.33. The Labute approximate surface area is 106 Å². The minimum Gasteiger partial charge on any atom is -0.324 e. The van der Waals surface area contributed by atoms with Crippen LogP contribution in [0.25, 0.3) is 0 Å². The highest BCUT2D eigenvalue weighted by atomic mass is 14.8. The van der Waals surface area contributed by atoms with E-state index >= 15 is 0 Å². The average Bonchev–Trinajstić information content (AvgIpc) is 2.29. The summed E-state index contributed by atoms with van der Waals surface area (Å²) in [6, 6.07) is 8.97. The molecule has 0 amide bonds. The van der Waals surface area contributed by atoms with Crippen molar-refractivity contribution in [2.24, 2.45) is 11.7 Å². The molecule has 96 valence electrons. The van der Waals surface area contributed by atoms with E-state index in [1.54, 1.807) is 0 Å². The minimum absolute atomic E-state index is 0.177. The molecule has 1 unspecified atom stereocenters. The van der Waals surface area contributed by atoms with Crippen LogP contribution in [0.3, 0.4) is 0 Å². The lowest BCUT2D eigenvalue weighted by atomic mass is 9.98. The van der Waals surface area contributed by atoms with Crippen molar-refractivity contribution in [2.75, 3.05) is 13.6 Å². The first-order valence-corrected chi connectivity index (χ1v) is 6.62. The Balaban J connectivity index is 2.48. The highest BCUT2D eigenvalue weighted by molar-refractivity contribution is 5.25. The first-order chi connectivity index (χ1) is 8.13. The average molecular weight is 234 g/mol. The van der Waals surface area contributed by atoms with Gasteiger partial charge in [-0.1, -0.05) is 38.1 Å². The van der Waals surface area contributed by atoms with Gasteiger partial charge in [-0.2, -0.15) is 0 Å². The molecule has 1 aromatic rings. The van der Waals surface area contributed by atoms with Crippen LogP contribution >= 0.6 is 0 Å². The normalized spacial score (nSPS) is 13.0. The predicted molar refractivity (Wildman–Crippen MR) is 75.1 cm³/mol. The Kier molecular flexibility index (Phi) is 6.23. The van der Waals surface area contributed by atoms with Gasteiger partial charge in [0.05, 0.1) is 0 Å². The van der Waals surface area contributed by atoms with Gasteiger partial charge in [-0.25, -0.2) is 0 Å². The molecule has 3 N–H and O–H groups in total. The molecule has 0 fully saturated rings. The lowest BCUT2D eigenvalue weighted by Crippen LogP contribution is -2.14. The topological polar surface area (TPSA) is 38.0 Å². The van der Waals surface area contributed by atoms with Crippen molar-refractivity contribution < 1.29 is 0 Å². The maximum absolute atomic E-state index is 6.16. The van der Waals surface area contributed by atoms with Gasteiger partial charge in [-0.05, 0) is 49.9 Å². The summed E-state index contributed by atoms with van der Waals surface area (Å²) < 4.78 is 0. The van der Waals surface area contributed by atoms with E-state index in [-0.39, 0.29) is 6.04 Å². The fourth-order valence-corrected chi connectivity index (χ4v) is 2.04. The maximum atomic E-state index is 6.16. The summed E-state index contributed by atoms with van der Waals surface area (Å²) in [5.41, 5.74) is 8.83. The van der Waals surface area contributed by atoms with Crippen LogP contribution in [-0.2, 0) is 6.42 Å². The Morgan fingerprint density at radius 3 is 2.35 bits per heavy atom. The fourth-order valence-electron chi connectivity index (χ4n) is 2.04. The second-order valence-corrected chi connectivity index (χ2v) is 5.19. The van der Waals surface area contributed by atoms with Crippen LogP contribution in [0.2, 0.25) is 0 Å². The molecule has 0 aliphatic rings. The molecule has 2 heteroatoms. The number of nitrogens with two attached hydrogens (primary N) is 1. The van der Waals surface area contributed by atoms with E-state index in [0.717, 1.165) is 25.8 Å². The van der Waals surface area contributed by atoms with Crippen molar-refractivity contribution in [1.29, 1.82) is 0 Å². The Hall–Kier alpha value is -0.860. The molecule has 17 heavy (non-hydrogen) atoms. The highest BCUT2D eigenvalue weighted by Crippen LogP contribution is 2.17. The van der Waals surface area contributed by atoms with Gasteiger partial charge in [0.2, 0.25) is 0 Å². The van der Waals surface area contributed by atoms with Crippen molar-refractivity contribution in [3.63, 3.8) is 0 Å². The van der Waals surface area contributed by atoms with E-state index < -0.39 is 0 Å². The number of hydrogen-bond donors (Lipinski definition) is 2. The summed E-state index contributed by atoms with van der Waals surface area (Å²) in [5, 5.41) is 3.15. The second-order valence-electron chi connectivity index (χ2n) is 5.19. The van der Waals surface area contributed by atoms with Crippen molar-refractivity contribution in [1.82, 2.24) is 5.32 Å². The van der Waals surface area contributed by atoms with E-state index in [1.165, 1.54) is 11.1 Å². The smallest absolute Gasteiger partial charge is 0.0295 e. The van der Waals surface area contributed by atoms with Gasteiger partial charge in [-0.15, -0.1) is 0 Å². The molecule has 1 atom stereocenters. The standard InChI is InChI=1S/C15H26N2/c1-12(2)11-13-6-8-14(9-7-13)15(16)5-4-10-17-3/h6-9,12,15,17H,4-5,10-11,16H2,1-3H3. The van der Waals surface area contributed by atoms with E-state index in [4.69, 9.17) is 5.73 Å². The summed E-state index contributed by atoms with van der Waals surface area (Å²) >= 11 is 0. The Bertz CT molecular complexity index is 303. The molecule has 1 aromatic carbocycles. The third-order valence-corrected chi connectivity index (χ3v) is 2.99. The zero-order chi connectivity index (χ0) is 12.7. The van der Waals surface area contributed by atoms with E-state index in [0.29, 0.717) is 5.92 Å². The maximum Gasteiger partial charge on any atom is 0.0295 e. The molecule has 0 heterocycles. The fraction of sp³-hybridized carbons (Fsp3) is 0.600. The molecular weight excluding hydrogens is 208 g/mol. The summed E-state index contributed by atoms with van der Waals surface area (Å²) in [5.74, 6) is 0.713. The third-order valence-electron chi connectivity index (χ3n) is 2.99. The van der Waals surface area contributed by atoms with Crippen LogP contribution in [0.5, 0.6) is 0 Å². The van der Waals surface area contributed by atoms with Crippen molar-refractivity contribution in [3.8, 4) is 0 Å². The summed E-state index contributed by atoms with van der Waals surface area (Å²) in [7, 11) is 1.98. The zero-order valence-corrected chi connectivity index (χ0v) is 11.4. The largest absolute Gasteiger partial charge is 0.324 e. The van der Waals surface area contributed by atoms with Crippen LogP contribution in [0.4, 0.5) is 0 Å². The number of hydrogen-bond acceptors (Lipinski definition) is 2. The quantitative estimate of drug-likeness (QED) is 0.712. The highest BCUT2D eigenvalue weighted by Gasteiger charge is 2.05. The summed E-state index contributed by atoms with van der Waals surface area (Å²) in [4.78, 5) is 0. The SMILES string of the molecule is CNCCCC(N)c1ccc(CC(C)C)cc1. The summed E-state index contributed by atoms with van der Waals surface area (Å²) in [6.07, 6.45) is 3.32. The zero-order valence-electron chi connectivity index (χ0n) is 11.4. The summed E-state index contributed by atoms with van der Waals surface area (Å²) in [6.45, 7) is 5.54. The predicted octanol–water partition coefficient (Wildman–Crippen LogP) is 2.88. The van der Waals surface area contributed by atoms with Gasteiger partial charge >= 0.3 is 0 Å². The van der Waals surface area contributed by atoms with Crippen molar-refractivity contribution in [2.45, 2.75) is 39.2 Å². The van der Waals surface area contributed by atoms with E-state index in [2.05, 4.69) is 43.4 Å². The molecular formula is C15H26N2. The molecule has 0 aliphatic carbocycles. The van der Waals surface area contributed by atoms with Crippen LogP contribution in [0.15, 0.2) is 24.3 Å². The molecule has 0 bridgehead atoms. The van der Waals surface area contributed by atoms with Gasteiger partial charge < -0.3 is 11.1 Å². The van der Waals surface area contributed by atoms with Gasteiger partial charge in [0.25, 0.3) is 0 Å². The monoisotopic (exact) mass is 234 g/mol. The first-order valence-electron chi connectivity index (χ1n) is 6.62. The van der Waals surface area contributed by atoms with Crippen LogP contribution < -0.4 is 11.1 Å². The van der Waals surface area contributed by atoms with E-state index in [1.807, 2.05) is 7.05 Å². The van der Waals surface area contributed by atoms with Gasteiger partial charge in [-0.3, -0.25) is 0 Å². The number of nitrogens with one attached hydrogen (secondary N) is 1. The second kappa shape index (κ2) is 7.46. The first kappa shape index (κ1) is 14.2. The molecule has 2 nitrogen and oxygen atoms in total. The molecule has 1 rings (SSSR count). The molecule has 0 radical (unpaired) electrons. The van der Waals surface area contributed by atoms with Gasteiger partial charge in [0.1, 0.15) is 0 Å². The van der Waals surface area contributed by atoms with Crippen LogP contribution in [-0.4, -0.2) is 13.6 Å². The van der Waals surface area contributed by atoms with E-state index in [9.17, 15) is 0 Å². The molecule has 0 saturated heterocycles. The van der Waals surface area contributed by atoms with Crippen LogP contribution in [0.1, 0.15) is 43.9 Å². The molecule has 0 saturated carbocycles. The minimum atomic E-state index is 0.177. The number of rotatable bonds is 7. The van der Waals surface area contributed by atoms with Gasteiger partial charge in [0.15, 0.2) is 0 Å². The number of benzene rings is 1. The van der Waals surface area contributed by atoms with Crippen molar-refractivity contribution in [3.05, 3.63) is 35.4 Å². The van der Waals surface area contributed by atoms with Crippen LogP contribution in [0, 0.1) is 5.92 Å². The Morgan fingerprint density at radius 1 is 1.18 bits per heavy atom. The molecule has 0 spiro atoms.